The molecule has 20 heavy (non-hydrogen) atoms. The molecule has 2 N–H and O–H groups in total. The molecular weight excluding hydrogens is 292 g/mol. The fourth-order valence-electron chi connectivity index (χ4n) is 1.75. The predicted octanol–water partition coefficient (Wildman–Crippen LogP) is 3.38. The lowest BCUT2D eigenvalue weighted by molar-refractivity contribution is 0.0606. The van der Waals surface area contributed by atoms with Gasteiger partial charge in [-0.25, -0.2) is 4.79 Å². The average molecular weight is 308 g/mol. The number of ether oxygens (including phenoxy) is 1. The Kier molecular flexibility index (Phi) is 4.57. The van der Waals surface area contributed by atoms with E-state index in [9.17, 15) is 4.79 Å². The molecule has 0 aliphatic rings. The molecule has 0 bridgehead atoms. The van der Waals surface area contributed by atoms with Crippen molar-refractivity contribution in [1.29, 1.82) is 0 Å². The summed E-state index contributed by atoms with van der Waals surface area (Å²) in [6, 6.07) is 7.98. The molecule has 0 amide bonds. The molecule has 0 radical (unpaired) electrons. The predicted molar refractivity (Wildman–Crippen MR) is 87.7 cm³/mol. The normalized spacial score (nSPS) is 10.6. The number of anilines is 1. The van der Waals surface area contributed by atoms with Gasteiger partial charge in [-0.3, -0.25) is 0 Å². The minimum atomic E-state index is -0.308. The van der Waals surface area contributed by atoms with Crippen LogP contribution in [0.1, 0.15) is 23.5 Å². The molecule has 6 heteroatoms. The number of fused-ring (bicyclic) bond motifs is 1. The van der Waals surface area contributed by atoms with Crippen molar-refractivity contribution in [3.05, 3.63) is 29.1 Å². The van der Waals surface area contributed by atoms with E-state index in [0.717, 1.165) is 15.8 Å². The zero-order valence-electron chi connectivity index (χ0n) is 11.5. The molecule has 4 nitrogen and oxygen atoms in total. The zero-order chi connectivity index (χ0) is 14.7. The van der Waals surface area contributed by atoms with Crippen molar-refractivity contribution in [3.8, 4) is 0 Å². The van der Waals surface area contributed by atoms with Crippen molar-refractivity contribution in [2.24, 2.45) is 0 Å². The molecule has 1 aromatic carbocycles. The van der Waals surface area contributed by atoms with E-state index >= 15 is 0 Å². The number of carbonyl (C=O) groups excluding carboxylic acids is 1. The number of hydrogen-bond acceptors (Lipinski definition) is 4. The summed E-state index contributed by atoms with van der Waals surface area (Å²) in [5, 5.41) is 7.83. The highest BCUT2D eigenvalue weighted by Crippen LogP contribution is 2.28. The number of thiocarbonyl (C=S) groups is 1. The third kappa shape index (κ3) is 3.46. The Bertz CT molecular complexity index is 650. The maximum atomic E-state index is 11.5. The molecule has 2 aromatic rings. The number of esters is 1. The van der Waals surface area contributed by atoms with E-state index < -0.39 is 0 Å². The summed E-state index contributed by atoms with van der Waals surface area (Å²) in [5.41, 5.74) is 0.893. The minimum Gasteiger partial charge on any atom is -0.465 e. The van der Waals surface area contributed by atoms with Crippen molar-refractivity contribution in [2.75, 3.05) is 12.4 Å². The molecule has 0 spiro atoms. The molecule has 0 aliphatic heterocycles. The Morgan fingerprint density at radius 2 is 2.10 bits per heavy atom. The van der Waals surface area contributed by atoms with Crippen LogP contribution in [0.3, 0.4) is 0 Å². The lowest BCUT2D eigenvalue weighted by Gasteiger charge is -2.13. The number of hydrogen-bond donors (Lipinski definition) is 2. The Labute approximate surface area is 127 Å². The van der Waals surface area contributed by atoms with E-state index in [1.165, 1.54) is 18.4 Å². The van der Waals surface area contributed by atoms with E-state index in [-0.39, 0.29) is 12.0 Å². The van der Waals surface area contributed by atoms with Gasteiger partial charge in [-0.2, -0.15) is 0 Å². The smallest absolute Gasteiger partial charge is 0.348 e. The second kappa shape index (κ2) is 6.19. The van der Waals surface area contributed by atoms with E-state index in [4.69, 9.17) is 17.0 Å². The first-order chi connectivity index (χ1) is 9.49. The third-order valence-electron chi connectivity index (χ3n) is 2.58. The lowest BCUT2D eigenvalue weighted by Crippen LogP contribution is -2.33. The standard InChI is InChI=1S/C14H16N2O2S2/c1-8(2)15-14(19)16-10-4-5-11-9(6-10)7-12(20-11)13(17)18-3/h4-8H,1-3H3,(H2,15,16,19). The van der Waals surface area contributed by atoms with Gasteiger partial charge in [-0.05, 0) is 55.7 Å². The highest BCUT2D eigenvalue weighted by molar-refractivity contribution is 7.80. The van der Waals surface area contributed by atoms with Crippen LogP contribution in [0.2, 0.25) is 0 Å². The van der Waals surface area contributed by atoms with Crippen LogP contribution in [0.25, 0.3) is 10.1 Å². The first-order valence-corrected chi connectivity index (χ1v) is 7.41. The summed E-state index contributed by atoms with van der Waals surface area (Å²) in [7, 11) is 1.38. The second-order valence-electron chi connectivity index (χ2n) is 4.61. The topological polar surface area (TPSA) is 50.4 Å². The Hall–Kier alpha value is -1.66. The van der Waals surface area contributed by atoms with Crippen molar-refractivity contribution in [2.45, 2.75) is 19.9 Å². The lowest BCUT2D eigenvalue weighted by atomic mass is 10.2. The van der Waals surface area contributed by atoms with Gasteiger partial charge in [0, 0.05) is 16.4 Å². The number of thiophene rings is 1. The molecule has 0 atom stereocenters. The van der Waals surface area contributed by atoms with Crippen LogP contribution in [0.5, 0.6) is 0 Å². The fourth-order valence-corrected chi connectivity index (χ4v) is 3.07. The summed E-state index contributed by atoms with van der Waals surface area (Å²) in [6.07, 6.45) is 0. The highest BCUT2D eigenvalue weighted by atomic mass is 32.1. The zero-order valence-corrected chi connectivity index (χ0v) is 13.2. The monoisotopic (exact) mass is 308 g/mol. The number of methoxy groups -OCH3 is 1. The van der Waals surface area contributed by atoms with Gasteiger partial charge in [-0.15, -0.1) is 11.3 Å². The van der Waals surface area contributed by atoms with E-state index in [0.29, 0.717) is 9.99 Å². The van der Waals surface area contributed by atoms with Crippen molar-refractivity contribution in [1.82, 2.24) is 5.32 Å². The molecule has 1 aromatic heterocycles. The van der Waals surface area contributed by atoms with Crippen LogP contribution in [0.4, 0.5) is 5.69 Å². The van der Waals surface area contributed by atoms with E-state index in [1.54, 1.807) is 0 Å². The van der Waals surface area contributed by atoms with Crippen LogP contribution in [0.15, 0.2) is 24.3 Å². The van der Waals surface area contributed by atoms with Crippen LogP contribution < -0.4 is 10.6 Å². The molecule has 0 saturated carbocycles. The summed E-state index contributed by atoms with van der Waals surface area (Å²) in [4.78, 5) is 12.1. The molecule has 0 saturated heterocycles. The number of rotatable bonds is 3. The van der Waals surface area contributed by atoms with E-state index in [1.807, 2.05) is 38.1 Å². The van der Waals surface area contributed by atoms with Gasteiger partial charge < -0.3 is 15.4 Å². The molecular formula is C14H16N2O2S2. The van der Waals surface area contributed by atoms with Crippen LogP contribution in [0, 0.1) is 0 Å². The minimum absolute atomic E-state index is 0.283. The Morgan fingerprint density at radius 3 is 2.75 bits per heavy atom. The Balaban J connectivity index is 2.20. The first kappa shape index (κ1) is 14.7. The highest BCUT2D eigenvalue weighted by Gasteiger charge is 2.10. The maximum absolute atomic E-state index is 11.5. The molecule has 1 heterocycles. The van der Waals surface area contributed by atoms with Gasteiger partial charge >= 0.3 is 5.97 Å². The van der Waals surface area contributed by atoms with Crippen LogP contribution in [-0.2, 0) is 4.74 Å². The van der Waals surface area contributed by atoms with Crippen LogP contribution in [-0.4, -0.2) is 24.2 Å². The summed E-state index contributed by atoms with van der Waals surface area (Å²) >= 11 is 6.62. The van der Waals surface area contributed by atoms with Crippen molar-refractivity contribution < 1.29 is 9.53 Å². The van der Waals surface area contributed by atoms with E-state index in [2.05, 4.69) is 10.6 Å². The van der Waals surface area contributed by atoms with Gasteiger partial charge in [0.1, 0.15) is 4.88 Å². The molecule has 0 aliphatic carbocycles. The van der Waals surface area contributed by atoms with Crippen LogP contribution >= 0.6 is 23.6 Å². The van der Waals surface area contributed by atoms with Gasteiger partial charge in [0.15, 0.2) is 5.11 Å². The molecule has 0 fully saturated rings. The maximum Gasteiger partial charge on any atom is 0.348 e. The Morgan fingerprint density at radius 1 is 1.35 bits per heavy atom. The quantitative estimate of drug-likeness (QED) is 0.672. The van der Waals surface area contributed by atoms with Gasteiger partial charge in [0.25, 0.3) is 0 Å². The second-order valence-corrected chi connectivity index (χ2v) is 6.10. The first-order valence-electron chi connectivity index (χ1n) is 6.19. The molecule has 2 rings (SSSR count). The summed E-state index contributed by atoms with van der Waals surface area (Å²) in [6.45, 7) is 4.05. The molecule has 106 valence electrons. The van der Waals surface area contributed by atoms with Crippen molar-refractivity contribution in [3.63, 3.8) is 0 Å². The number of benzene rings is 1. The summed E-state index contributed by atoms with van der Waals surface area (Å²) in [5.74, 6) is -0.308. The SMILES string of the molecule is COC(=O)c1cc2cc(NC(=S)NC(C)C)ccc2s1. The third-order valence-corrected chi connectivity index (χ3v) is 3.90. The fraction of sp³-hybridized carbons (Fsp3) is 0.286. The summed E-state index contributed by atoms with van der Waals surface area (Å²) < 4.78 is 5.77. The largest absolute Gasteiger partial charge is 0.465 e. The van der Waals surface area contributed by atoms with Crippen molar-refractivity contribution >= 4 is 50.4 Å². The van der Waals surface area contributed by atoms with Gasteiger partial charge in [0.2, 0.25) is 0 Å². The van der Waals surface area contributed by atoms with Gasteiger partial charge in [-0.1, -0.05) is 0 Å². The average Bonchev–Trinajstić information content (AvgIpc) is 2.79. The number of carbonyl (C=O) groups is 1. The van der Waals surface area contributed by atoms with Gasteiger partial charge in [0.05, 0.1) is 7.11 Å². The molecule has 0 unspecified atom stereocenters. The number of nitrogens with one attached hydrogen (secondary N) is 2.